The van der Waals surface area contributed by atoms with Gasteiger partial charge in [-0.05, 0) is 0 Å². The molecule has 3 rings (SSSR count). The van der Waals surface area contributed by atoms with E-state index in [1.807, 2.05) is 35.0 Å². The van der Waals surface area contributed by atoms with Crippen molar-refractivity contribution in [1.29, 1.82) is 0 Å². The monoisotopic (exact) mass is 272 g/mol. The third-order valence-electron chi connectivity index (χ3n) is 3.46. The average molecular weight is 272 g/mol. The fraction of sp³-hybridized carbons (Fsp3) is 0.267. The molecule has 2 heterocycles. The summed E-state index contributed by atoms with van der Waals surface area (Å²) in [6, 6.07) is 7.93. The summed E-state index contributed by atoms with van der Waals surface area (Å²) in [5.74, 6) is -0.323. The molecule has 0 fully saturated rings. The van der Waals surface area contributed by atoms with Gasteiger partial charge in [-0.3, -0.25) is 0 Å². The van der Waals surface area contributed by atoms with Gasteiger partial charge in [-0.25, -0.2) is 4.98 Å². The highest BCUT2D eigenvalue weighted by molar-refractivity contribution is 5.84. The van der Waals surface area contributed by atoms with Crippen molar-refractivity contribution in [3.8, 4) is 0 Å². The summed E-state index contributed by atoms with van der Waals surface area (Å²) in [5.41, 5.74) is 0. The van der Waals surface area contributed by atoms with Crippen molar-refractivity contribution in [3.05, 3.63) is 55.0 Å². The van der Waals surface area contributed by atoms with Crippen LogP contribution in [-0.2, 0) is 21.8 Å². The fourth-order valence-corrected chi connectivity index (χ4v) is 2.38. The molecule has 0 amide bonds. The summed E-state index contributed by atoms with van der Waals surface area (Å²) >= 11 is 0. The van der Waals surface area contributed by atoms with Crippen LogP contribution >= 0.6 is 0 Å². The van der Waals surface area contributed by atoms with Crippen molar-refractivity contribution < 1.29 is 13.9 Å². The molecule has 0 aliphatic heterocycles. The largest absolute Gasteiger partial charge is 0.462 e. The zero-order valence-corrected chi connectivity index (χ0v) is 11.4. The minimum atomic E-state index is -0.982. The highest BCUT2D eigenvalue weighted by atomic mass is 16.7. The van der Waals surface area contributed by atoms with Gasteiger partial charge in [0.05, 0.1) is 19.1 Å². The molecule has 1 aromatic carbocycles. The van der Waals surface area contributed by atoms with Crippen molar-refractivity contribution >= 4 is 10.8 Å². The van der Waals surface area contributed by atoms with E-state index in [0.717, 1.165) is 10.8 Å². The summed E-state index contributed by atoms with van der Waals surface area (Å²) < 4.78 is 18.9. The molecule has 0 radical (unpaired) electrons. The number of ether oxygens (including phenoxy) is 2. The van der Waals surface area contributed by atoms with E-state index in [0.29, 0.717) is 12.3 Å². The summed E-state index contributed by atoms with van der Waals surface area (Å²) in [7, 11) is 3.22. The summed E-state index contributed by atoms with van der Waals surface area (Å²) in [4.78, 5) is 4.04. The smallest absolute Gasteiger partial charge is 0.247 e. The molecule has 0 aliphatic carbocycles. The summed E-state index contributed by atoms with van der Waals surface area (Å²) in [6.45, 7) is 0.456. The van der Waals surface area contributed by atoms with Gasteiger partial charge in [0.15, 0.2) is 5.76 Å². The first kappa shape index (κ1) is 12.9. The highest BCUT2D eigenvalue weighted by Gasteiger charge is 2.37. The maximum atomic E-state index is 5.73. The molecule has 5 nitrogen and oxygen atoms in total. The first-order valence-electron chi connectivity index (χ1n) is 6.32. The number of methoxy groups -OCH3 is 2. The van der Waals surface area contributed by atoms with Crippen LogP contribution in [0.3, 0.4) is 0 Å². The summed E-state index contributed by atoms with van der Waals surface area (Å²) in [6.07, 6.45) is 7.01. The van der Waals surface area contributed by atoms with Gasteiger partial charge >= 0.3 is 0 Å². The molecule has 20 heavy (non-hydrogen) atoms. The molecule has 0 N–H and O–H groups in total. The van der Waals surface area contributed by atoms with E-state index in [9.17, 15) is 0 Å². The van der Waals surface area contributed by atoms with Crippen molar-refractivity contribution in [1.82, 2.24) is 9.55 Å². The van der Waals surface area contributed by atoms with E-state index < -0.39 is 5.79 Å². The lowest BCUT2D eigenvalue weighted by Gasteiger charge is -2.29. The highest BCUT2D eigenvalue weighted by Crippen LogP contribution is 2.35. The topological polar surface area (TPSA) is 49.4 Å². The number of nitrogens with zero attached hydrogens (tertiary/aromatic N) is 2. The van der Waals surface area contributed by atoms with Crippen molar-refractivity contribution in [2.75, 3.05) is 14.2 Å². The molecule has 0 saturated heterocycles. The van der Waals surface area contributed by atoms with Crippen molar-refractivity contribution in [2.45, 2.75) is 12.3 Å². The van der Waals surface area contributed by atoms with Crippen LogP contribution in [0.1, 0.15) is 5.76 Å². The number of hydrogen-bond donors (Lipinski definition) is 0. The van der Waals surface area contributed by atoms with Crippen LogP contribution in [0, 0.1) is 0 Å². The van der Waals surface area contributed by atoms with Crippen LogP contribution in [0.4, 0.5) is 0 Å². The SMILES string of the molecule is COC(Cn1ccnc1)(OC)c1occ2ccccc12. The van der Waals surface area contributed by atoms with E-state index in [1.165, 1.54) is 0 Å². The zero-order chi connectivity index (χ0) is 14.0. The quantitative estimate of drug-likeness (QED) is 0.670. The Hall–Kier alpha value is -2.11. The van der Waals surface area contributed by atoms with Crippen molar-refractivity contribution in [2.24, 2.45) is 0 Å². The minimum absolute atomic E-state index is 0.456. The predicted octanol–water partition coefficient (Wildman–Crippen LogP) is 2.78. The average Bonchev–Trinajstić information content (AvgIpc) is 3.14. The first-order chi connectivity index (χ1) is 9.79. The lowest BCUT2D eigenvalue weighted by atomic mass is 10.1. The molecule has 0 aliphatic rings. The Bertz CT molecular complexity index is 684. The molecule has 0 unspecified atom stereocenters. The van der Waals surface area contributed by atoms with Crippen LogP contribution in [-0.4, -0.2) is 23.8 Å². The molecule has 5 heteroatoms. The van der Waals surface area contributed by atoms with Gasteiger partial charge in [0, 0.05) is 37.4 Å². The second-order valence-corrected chi connectivity index (χ2v) is 4.55. The van der Waals surface area contributed by atoms with Crippen LogP contribution in [0.15, 0.2) is 53.7 Å². The molecular formula is C15H16N2O3. The van der Waals surface area contributed by atoms with Gasteiger partial charge in [0.2, 0.25) is 5.79 Å². The number of aromatic nitrogens is 2. The minimum Gasteiger partial charge on any atom is -0.462 e. The number of imidazole rings is 1. The Balaban J connectivity index is 2.09. The van der Waals surface area contributed by atoms with Crippen LogP contribution in [0.2, 0.25) is 0 Å². The van der Waals surface area contributed by atoms with E-state index >= 15 is 0 Å². The van der Waals surface area contributed by atoms with E-state index in [2.05, 4.69) is 4.98 Å². The molecule has 0 bridgehead atoms. The Labute approximate surface area is 116 Å². The van der Waals surface area contributed by atoms with Gasteiger partial charge in [0.1, 0.15) is 0 Å². The molecule has 3 aromatic rings. The fourth-order valence-electron chi connectivity index (χ4n) is 2.38. The van der Waals surface area contributed by atoms with Gasteiger partial charge in [0.25, 0.3) is 0 Å². The van der Waals surface area contributed by atoms with Gasteiger partial charge < -0.3 is 18.5 Å². The van der Waals surface area contributed by atoms with Crippen LogP contribution in [0.25, 0.3) is 10.8 Å². The van der Waals surface area contributed by atoms with Gasteiger partial charge in [-0.15, -0.1) is 0 Å². The first-order valence-corrected chi connectivity index (χ1v) is 6.32. The Morgan fingerprint density at radius 3 is 2.75 bits per heavy atom. The third-order valence-corrected chi connectivity index (χ3v) is 3.46. The zero-order valence-electron chi connectivity index (χ0n) is 11.4. The molecule has 104 valence electrons. The maximum absolute atomic E-state index is 5.73. The predicted molar refractivity (Wildman–Crippen MR) is 74.1 cm³/mol. The molecule has 0 saturated carbocycles. The Morgan fingerprint density at radius 1 is 1.25 bits per heavy atom. The maximum Gasteiger partial charge on any atom is 0.247 e. The van der Waals surface area contributed by atoms with Gasteiger partial charge in [-0.1, -0.05) is 24.3 Å². The number of benzene rings is 1. The lowest BCUT2D eigenvalue weighted by Crippen LogP contribution is -2.35. The lowest BCUT2D eigenvalue weighted by molar-refractivity contribution is -0.234. The van der Waals surface area contributed by atoms with E-state index in [1.54, 1.807) is 33.0 Å². The normalized spacial score (nSPS) is 12.1. The standard InChI is InChI=1S/C15H16N2O3/c1-18-15(19-2,10-17-8-7-16-11-17)14-13-6-4-3-5-12(13)9-20-14/h3-9,11H,10H2,1-2H3. The van der Waals surface area contributed by atoms with Crippen molar-refractivity contribution in [3.63, 3.8) is 0 Å². The molecular weight excluding hydrogens is 256 g/mol. The van der Waals surface area contributed by atoms with Crippen LogP contribution < -0.4 is 0 Å². The number of furan rings is 1. The Morgan fingerprint density at radius 2 is 2.05 bits per heavy atom. The third kappa shape index (κ3) is 2.01. The second-order valence-electron chi connectivity index (χ2n) is 4.55. The molecule has 2 aromatic heterocycles. The molecule has 0 atom stereocenters. The second kappa shape index (κ2) is 5.11. The van der Waals surface area contributed by atoms with Crippen LogP contribution in [0.5, 0.6) is 0 Å². The summed E-state index contributed by atoms with van der Waals surface area (Å²) in [5, 5.41) is 2.00. The number of rotatable bonds is 5. The van der Waals surface area contributed by atoms with E-state index in [-0.39, 0.29) is 0 Å². The number of fused-ring (bicyclic) bond motifs is 1. The molecule has 0 spiro atoms. The Kier molecular flexibility index (Phi) is 3.30. The van der Waals surface area contributed by atoms with E-state index in [4.69, 9.17) is 13.9 Å². The van der Waals surface area contributed by atoms with Gasteiger partial charge in [-0.2, -0.15) is 0 Å². The number of hydrogen-bond acceptors (Lipinski definition) is 4.